The van der Waals surface area contributed by atoms with Crippen LogP contribution >= 0.6 is 11.3 Å². The molecule has 0 amide bonds. The summed E-state index contributed by atoms with van der Waals surface area (Å²) < 4.78 is 69.3. The SMILES string of the molecule is CN(C)c1ncc2c(n1)C1(CCN(Cc3ccc([N+](=O)[O-])s3)C1)COC2.O=C(O)C(F)(F)F.O=C(O)C(F)(F)F. The van der Waals surface area contributed by atoms with Crippen LogP contribution in [0.15, 0.2) is 18.3 Å². The Morgan fingerprint density at radius 1 is 1.18 bits per heavy atom. The Hall–Kier alpha value is -3.58. The smallest absolute Gasteiger partial charge is 0.475 e. The fourth-order valence-electron chi connectivity index (χ4n) is 3.78. The highest BCUT2D eigenvalue weighted by Crippen LogP contribution is 2.40. The second-order valence-corrected chi connectivity index (χ2v) is 9.92. The van der Waals surface area contributed by atoms with Crippen molar-refractivity contribution in [2.24, 2.45) is 0 Å². The highest BCUT2D eigenvalue weighted by atomic mass is 32.1. The van der Waals surface area contributed by atoms with Gasteiger partial charge >= 0.3 is 29.3 Å². The van der Waals surface area contributed by atoms with E-state index in [0.717, 1.165) is 48.1 Å². The maximum absolute atomic E-state index is 10.9. The van der Waals surface area contributed by atoms with E-state index in [1.165, 1.54) is 11.3 Å². The molecular weight excluding hydrogens is 580 g/mol. The molecule has 2 aliphatic rings. The Labute approximate surface area is 226 Å². The van der Waals surface area contributed by atoms with Crippen LogP contribution in [0.3, 0.4) is 0 Å². The lowest BCUT2D eigenvalue weighted by Crippen LogP contribution is -2.40. The first-order valence-electron chi connectivity index (χ1n) is 11.0. The topological polar surface area (TPSA) is 159 Å². The van der Waals surface area contributed by atoms with Crippen molar-refractivity contribution >= 4 is 34.2 Å². The molecule has 0 radical (unpaired) electrons. The molecule has 2 aromatic heterocycles. The minimum Gasteiger partial charge on any atom is -0.475 e. The number of fused-ring (bicyclic) bond motifs is 2. The first-order valence-corrected chi connectivity index (χ1v) is 11.8. The lowest BCUT2D eigenvalue weighted by molar-refractivity contribution is -0.380. The molecule has 40 heavy (non-hydrogen) atoms. The van der Waals surface area contributed by atoms with Crippen molar-refractivity contribution in [1.29, 1.82) is 0 Å². The molecule has 19 heteroatoms. The van der Waals surface area contributed by atoms with E-state index < -0.39 is 24.3 Å². The van der Waals surface area contributed by atoms with E-state index in [2.05, 4.69) is 9.88 Å². The highest BCUT2D eigenvalue weighted by Gasteiger charge is 2.45. The second kappa shape index (κ2) is 12.7. The summed E-state index contributed by atoms with van der Waals surface area (Å²) in [5.74, 6) is -4.79. The predicted octanol–water partition coefficient (Wildman–Crippen LogP) is 3.45. The molecule has 1 atom stereocenters. The molecule has 1 spiro atoms. The lowest BCUT2D eigenvalue weighted by atomic mass is 9.80. The molecular formula is C21H23F6N5O7S. The maximum Gasteiger partial charge on any atom is 0.490 e. The van der Waals surface area contributed by atoms with E-state index in [1.807, 2.05) is 31.3 Å². The third-order valence-corrected chi connectivity index (χ3v) is 6.54. The summed E-state index contributed by atoms with van der Waals surface area (Å²) in [6, 6.07) is 3.44. The molecule has 1 fully saturated rings. The van der Waals surface area contributed by atoms with Crippen molar-refractivity contribution in [3.63, 3.8) is 0 Å². The van der Waals surface area contributed by atoms with Crippen LogP contribution in [0.25, 0.3) is 0 Å². The minimum absolute atomic E-state index is 0.121. The molecule has 2 aliphatic heterocycles. The first kappa shape index (κ1) is 32.6. The van der Waals surface area contributed by atoms with Crippen molar-refractivity contribution in [2.75, 3.05) is 38.7 Å². The van der Waals surface area contributed by atoms with Gasteiger partial charge in [0.25, 0.3) is 0 Å². The Bertz CT molecular complexity index is 1200. The number of alkyl halides is 6. The average molecular weight is 603 g/mol. The maximum atomic E-state index is 10.9. The van der Waals surface area contributed by atoms with Crippen molar-refractivity contribution in [3.8, 4) is 0 Å². The summed E-state index contributed by atoms with van der Waals surface area (Å²) in [5, 5.41) is 25.3. The lowest BCUT2D eigenvalue weighted by Gasteiger charge is -2.34. The number of nitrogens with zero attached hydrogens (tertiary/aromatic N) is 5. The van der Waals surface area contributed by atoms with Crippen molar-refractivity contribution in [2.45, 2.75) is 37.3 Å². The molecule has 0 bridgehead atoms. The molecule has 0 aromatic carbocycles. The summed E-state index contributed by atoms with van der Waals surface area (Å²) in [7, 11) is 3.89. The monoisotopic (exact) mass is 603 g/mol. The van der Waals surface area contributed by atoms with Gasteiger partial charge in [-0.3, -0.25) is 15.0 Å². The number of rotatable bonds is 4. The zero-order valence-corrected chi connectivity index (χ0v) is 21.6. The Morgan fingerprint density at radius 3 is 2.23 bits per heavy atom. The summed E-state index contributed by atoms with van der Waals surface area (Å²) in [5.41, 5.74) is 2.04. The van der Waals surface area contributed by atoms with Gasteiger partial charge in [-0.15, -0.1) is 0 Å². The summed E-state index contributed by atoms with van der Waals surface area (Å²) in [6.45, 7) is 3.71. The standard InChI is InChI=1S/C17H21N5O3S.2C2HF3O2/c1-20(2)16-18-7-12-9-25-11-17(15(12)19-16)5-6-21(10-17)8-13-3-4-14(26-13)22(23)24;2*3-2(4,5)1(6)7/h3-4,7H,5-6,8-11H2,1-2H3;2*(H,6,7). The molecule has 4 rings (SSSR count). The van der Waals surface area contributed by atoms with Crippen LogP contribution in [0.5, 0.6) is 0 Å². The summed E-state index contributed by atoms with van der Waals surface area (Å²) >= 11 is 1.25. The van der Waals surface area contributed by atoms with Crippen molar-refractivity contribution in [1.82, 2.24) is 14.9 Å². The number of carboxylic acid groups (broad SMARTS) is 2. The van der Waals surface area contributed by atoms with Crippen LogP contribution < -0.4 is 4.90 Å². The van der Waals surface area contributed by atoms with Crippen molar-refractivity contribution < 1.29 is 55.8 Å². The number of carboxylic acids is 2. The van der Waals surface area contributed by atoms with Gasteiger partial charge in [-0.25, -0.2) is 19.6 Å². The van der Waals surface area contributed by atoms with E-state index in [0.29, 0.717) is 13.2 Å². The molecule has 12 nitrogen and oxygen atoms in total. The van der Waals surface area contributed by atoms with Gasteiger partial charge in [0.15, 0.2) is 0 Å². The number of aliphatic carboxylic acids is 2. The Morgan fingerprint density at radius 2 is 1.75 bits per heavy atom. The van der Waals surface area contributed by atoms with Gasteiger partial charge in [-0.2, -0.15) is 26.3 Å². The predicted molar refractivity (Wildman–Crippen MR) is 126 cm³/mol. The minimum atomic E-state index is -5.08. The molecule has 0 aliphatic carbocycles. The first-order chi connectivity index (χ1) is 18.4. The Balaban J connectivity index is 0.000000333. The van der Waals surface area contributed by atoms with Gasteiger partial charge in [-0.1, -0.05) is 11.3 Å². The number of anilines is 1. The Kier molecular flexibility index (Phi) is 10.4. The van der Waals surface area contributed by atoms with Crippen LogP contribution in [0, 0.1) is 10.1 Å². The van der Waals surface area contributed by atoms with Gasteiger partial charge in [0.2, 0.25) is 5.95 Å². The second-order valence-electron chi connectivity index (χ2n) is 8.77. The number of nitro groups is 1. The van der Waals surface area contributed by atoms with Crippen LogP contribution in [0.2, 0.25) is 0 Å². The normalized spacial score (nSPS) is 18.6. The van der Waals surface area contributed by atoms with E-state index in [1.54, 1.807) is 6.07 Å². The molecule has 1 unspecified atom stereocenters. The van der Waals surface area contributed by atoms with Gasteiger partial charge in [0.05, 0.1) is 29.2 Å². The molecule has 2 N–H and O–H groups in total. The van der Waals surface area contributed by atoms with Crippen molar-refractivity contribution in [3.05, 3.63) is 44.6 Å². The highest BCUT2D eigenvalue weighted by molar-refractivity contribution is 7.15. The van der Waals surface area contributed by atoms with Crippen LogP contribution in [0.4, 0.5) is 37.3 Å². The number of thiophene rings is 1. The number of ether oxygens (including phenoxy) is 1. The number of likely N-dealkylation sites (tertiary alicyclic amines) is 1. The third-order valence-electron chi connectivity index (χ3n) is 5.51. The average Bonchev–Trinajstić information content (AvgIpc) is 3.47. The van der Waals surface area contributed by atoms with E-state index in [-0.39, 0.29) is 15.3 Å². The van der Waals surface area contributed by atoms with Crippen LogP contribution in [0.1, 0.15) is 22.6 Å². The molecule has 0 saturated carbocycles. The largest absolute Gasteiger partial charge is 0.490 e. The fraction of sp³-hybridized carbons (Fsp3) is 0.524. The zero-order valence-electron chi connectivity index (χ0n) is 20.8. The number of halogens is 6. The van der Waals surface area contributed by atoms with Gasteiger partial charge in [0.1, 0.15) is 0 Å². The number of hydrogen-bond acceptors (Lipinski definition) is 10. The van der Waals surface area contributed by atoms with E-state index in [4.69, 9.17) is 29.5 Å². The van der Waals surface area contributed by atoms with Crippen LogP contribution in [-0.2, 0) is 32.9 Å². The van der Waals surface area contributed by atoms with Crippen LogP contribution in [-0.4, -0.2) is 88.1 Å². The van der Waals surface area contributed by atoms with E-state index >= 15 is 0 Å². The number of hydrogen-bond donors (Lipinski definition) is 2. The summed E-state index contributed by atoms with van der Waals surface area (Å²) in [6.07, 6.45) is -7.32. The van der Waals surface area contributed by atoms with E-state index in [9.17, 15) is 36.5 Å². The quantitative estimate of drug-likeness (QED) is 0.299. The third kappa shape index (κ3) is 8.71. The molecule has 2 aromatic rings. The fourth-order valence-corrected chi connectivity index (χ4v) is 4.64. The van der Waals surface area contributed by atoms with Gasteiger partial charge in [0, 0.05) is 49.9 Å². The number of carbonyl (C=O) groups is 2. The van der Waals surface area contributed by atoms with Gasteiger partial charge in [-0.05, 0) is 19.0 Å². The summed E-state index contributed by atoms with van der Waals surface area (Å²) in [4.78, 5) is 42.9. The zero-order chi connectivity index (χ0) is 30.5. The molecule has 222 valence electrons. The van der Waals surface area contributed by atoms with Gasteiger partial charge < -0.3 is 19.8 Å². The molecule has 1 saturated heterocycles. The molecule has 4 heterocycles. The number of aromatic nitrogens is 2.